The van der Waals surface area contributed by atoms with Gasteiger partial charge in [-0.1, -0.05) is 42.5 Å². The molecule has 1 aliphatic heterocycles. The Kier molecular flexibility index (Phi) is 6.13. The van der Waals surface area contributed by atoms with Gasteiger partial charge in [0.15, 0.2) is 0 Å². The van der Waals surface area contributed by atoms with E-state index in [1.807, 2.05) is 54.6 Å². The van der Waals surface area contributed by atoms with Crippen LogP contribution in [0.4, 0.5) is 5.69 Å². The Bertz CT molecular complexity index is 841. The van der Waals surface area contributed by atoms with E-state index in [1.54, 1.807) is 0 Å². The van der Waals surface area contributed by atoms with Crippen molar-refractivity contribution < 1.29 is 19.1 Å². The number of esters is 1. The van der Waals surface area contributed by atoms with Gasteiger partial charge >= 0.3 is 5.97 Å². The number of para-hydroxylation sites is 1. The Labute approximate surface area is 161 Å². The molecule has 140 valence electrons. The standard InChI is InChI=1S/C20H20N2O4S/c1-26-19(24)11-15(13-7-3-2-4-8-13)21-18(23)12-17-20(25)22-14-9-5-6-10-16(14)27-17/h2-10,15,17H,11-12H2,1H3,(H,21,23)(H,22,25). The fourth-order valence-electron chi connectivity index (χ4n) is 2.84. The average molecular weight is 384 g/mol. The lowest BCUT2D eigenvalue weighted by molar-refractivity contribution is -0.141. The molecule has 0 bridgehead atoms. The maximum Gasteiger partial charge on any atom is 0.307 e. The van der Waals surface area contributed by atoms with Crippen LogP contribution < -0.4 is 10.6 Å². The van der Waals surface area contributed by atoms with E-state index in [9.17, 15) is 14.4 Å². The average Bonchev–Trinajstić information content (AvgIpc) is 2.68. The molecule has 2 aromatic carbocycles. The van der Waals surface area contributed by atoms with Gasteiger partial charge in [0, 0.05) is 11.3 Å². The first-order valence-electron chi connectivity index (χ1n) is 8.54. The van der Waals surface area contributed by atoms with Crippen LogP contribution in [-0.4, -0.2) is 30.1 Å². The SMILES string of the molecule is COC(=O)CC(NC(=O)CC1Sc2ccccc2NC1=O)c1ccccc1. The number of carbonyl (C=O) groups is 3. The molecular weight excluding hydrogens is 364 g/mol. The number of methoxy groups -OCH3 is 1. The molecule has 3 rings (SSSR count). The van der Waals surface area contributed by atoms with E-state index in [0.717, 1.165) is 16.1 Å². The molecule has 2 N–H and O–H groups in total. The van der Waals surface area contributed by atoms with E-state index in [0.29, 0.717) is 0 Å². The number of fused-ring (bicyclic) bond motifs is 1. The first-order valence-corrected chi connectivity index (χ1v) is 9.42. The fraction of sp³-hybridized carbons (Fsp3) is 0.250. The molecule has 2 atom stereocenters. The summed E-state index contributed by atoms with van der Waals surface area (Å²) in [5, 5.41) is 5.17. The number of benzene rings is 2. The van der Waals surface area contributed by atoms with Gasteiger partial charge in [-0.25, -0.2) is 0 Å². The minimum atomic E-state index is -0.519. The van der Waals surface area contributed by atoms with E-state index in [4.69, 9.17) is 4.74 Å². The molecule has 0 aliphatic carbocycles. The third kappa shape index (κ3) is 4.89. The summed E-state index contributed by atoms with van der Waals surface area (Å²) in [6.45, 7) is 0. The Balaban J connectivity index is 1.67. The summed E-state index contributed by atoms with van der Waals surface area (Å²) < 4.78 is 4.73. The highest BCUT2D eigenvalue weighted by atomic mass is 32.2. The zero-order chi connectivity index (χ0) is 19.2. The summed E-state index contributed by atoms with van der Waals surface area (Å²) in [5.41, 5.74) is 1.57. The van der Waals surface area contributed by atoms with Crippen LogP contribution in [0.1, 0.15) is 24.4 Å². The van der Waals surface area contributed by atoms with Crippen molar-refractivity contribution in [3.63, 3.8) is 0 Å². The first-order chi connectivity index (χ1) is 13.1. The van der Waals surface area contributed by atoms with Gasteiger partial charge in [-0.05, 0) is 17.7 Å². The van der Waals surface area contributed by atoms with E-state index in [-0.39, 0.29) is 24.7 Å². The highest BCUT2D eigenvalue weighted by Gasteiger charge is 2.30. The first kappa shape index (κ1) is 19.0. The minimum Gasteiger partial charge on any atom is -0.469 e. The lowest BCUT2D eigenvalue weighted by Gasteiger charge is -2.24. The van der Waals surface area contributed by atoms with Crippen molar-refractivity contribution in [2.75, 3.05) is 12.4 Å². The predicted molar refractivity (Wildman–Crippen MR) is 103 cm³/mol. The molecule has 0 saturated carbocycles. The van der Waals surface area contributed by atoms with Crippen LogP contribution in [0, 0.1) is 0 Å². The molecule has 0 aromatic heterocycles. The number of hydrogen-bond acceptors (Lipinski definition) is 5. The van der Waals surface area contributed by atoms with Crippen LogP contribution in [0.15, 0.2) is 59.5 Å². The summed E-state index contributed by atoms with van der Waals surface area (Å²) in [7, 11) is 1.31. The molecule has 1 aliphatic rings. The topological polar surface area (TPSA) is 84.5 Å². The number of carbonyl (C=O) groups excluding carboxylic acids is 3. The molecule has 0 spiro atoms. The fourth-order valence-corrected chi connectivity index (χ4v) is 3.95. The van der Waals surface area contributed by atoms with Gasteiger partial charge < -0.3 is 15.4 Å². The molecule has 0 fully saturated rings. The van der Waals surface area contributed by atoms with Crippen LogP contribution in [-0.2, 0) is 19.1 Å². The Morgan fingerprint density at radius 3 is 2.59 bits per heavy atom. The zero-order valence-electron chi connectivity index (χ0n) is 14.8. The van der Waals surface area contributed by atoms with Gasteiger partial charge in [0.05, 0.1) is 30.5 Å². The van der Waals surface area contributed by atoms with E-state index in [1.165, 1.54) is 18.9 Å². The minimum absolute atomic E-state index is 0.0232. The maximum absolute atomic E-state index is 12.6. The number of anilines is 1. The van der Waals surface area contributed by atoms with Crippen molar-refractivity contribution in [3.05, 3.63) is 60.2 Å². The smallest absolute Gasteiger partial charge is 0.307 e. The second kappa shape index (κ2) is 8.73. The number of nitrogens with one attached hydrogen (secondary N) is 2. The quantitative estimate of drug-likeness (QED) is 0.748. The van der Waals surface area contributed by atoms with Gasteiger partial charge in [0.2, 0.25) is 11.8 Å². The van der Waals surface area contributed by atoms with Crippen molar-refractivity contribution in [2.45, 2.75) is 29.0 Å². The number of thioether (sulfide) groups is 1. The van der Waals surface area contributed by atoms with Gasteiger partial charge in [-0.15, -0.1) is 11.8 Å². The summed E-state index contributed by atoms with van der Waals surface area (Å²) in [6.07, 6.45) is 0.0500. The molecule has 0 saturated heterocycles. The van der Waals surface area contributed by atoms with Gasteiger partial charge in [0.25, 0.3) is 0 Å². The lowest BCUT2D eigenvalue weighted by atomic mass is 10.0. The van der Waals surface area contributed by atoms with E-state index >= 15 is 0 Å². The van der Waals surface area contributed by atoms with Crippen molar-refractivity contribution in [2.24, 2.45) is 0 Å². The summed E-state index contributed by atoms with van der Waals surface area (Å²) in [5.74, 6) is -0.902. The third-order valence-electron chi connectivity index (χ3n) is 4.21. The third-order valence-corrected chi connectivity index (χ3v) is 5.49. The Morgan fingerprint density at radius 1 is 1.15 bits per heavy atom. The van der Waals surface area contributed by atoms with Crippen molar-refractivity contribution in [3.8, 4) is 0 Å². The summed E-state index contributed by atoms with van der Waals surface area (Å²) >= 11 is 1.37. The van der Waals surface area contributed by atoms with Crippen LogP contribution in [0.2, 0.25) is 0 Å². The molecule has 27 heavy (non-hydrogen) atoms. The van der Waals surface area contributed by atoms with Crippen molar-refractivity contribution >= 4 is 35.2 Å². The van der Waals surface area contributed by atoms with Crippen LogP contribution in [0.5, 0.6) is 0 Å². The molecule has 1 heterocycles. The largest absolute Gasteiger partial charge is 0.469 e. The highest BCUT2D eigenvalue weighted by molar-refractivity contribution is 8.01. The van der Waals surface area contributed by atoms with Gasteiger partial charge in [-0.2, -0.15) is 0 Å². The Hall–Kier alpha value is -2.80. The lowest BCUT2D eigenvalue weighted by Crippen LogP contribution is -2.37. The van der Waals surface area contributed by atoms with E-state index < -0.39 is 17.3 Å². The number of rotatable bonds is 6. The number of amides is 2. The molecule has 2 unspecified atom stereocenters. The van der Waals surface area contributed by atoms with Gasteiger partial charge in [-0.3, -0.25) is 14.4 Å². The number of ether oxygens (including phenoxy) is 1. The molecule has 2 aromatic rings. The maximum atomic E-state index is 12.6. The van der Waals surface area contributed by atoms with Crippen LogP contribution in [0.3, 0.4) is 0 Å². The second-order valence-electron chi connectivity index (χ2n) is 6.11. The van der Waals surface area contributed by atoms with E-state index in [2.05, 4.69) is 10.6 Å². The predicted octanol–water partition coefficient (Wildman–Crippen LogP) is 2.91. The van der Waals surface area contributed by atoms with Crippen molar-refractivity contribution in [1.29, 1.82) is 0 Å². The summed E-state index contributed by atoms with van der Waals surface area (Å²) in [4.78, 5) is 37.5. The molecule has 2 amide bonds. The normalized spacial score (nSPS) is 16.6. The number of hydrogen-bond donors (Lipinski definition) is 2. The van der Waals surface area contributed by atoms with Gasteiger partial charge in [0.1, 0.15) is 0 Å². The Morgan fingerprint density at radius 2 is 1.85 bits per heavy atom. The zero-order valence-corrected chi connectivity index (χ0v) is 15.6. The van der Waals surface area contributed by atoms with Crippen LogP contribution >= 0.6 is 11.8 Å². The highest BCUT2D eigenvalue weighted by Crippen LogP contribution is 2.36. The molecule has 7 heteroatoms. The van der Waals surface area contributed by atoms with Crippen LogP contribution in [0.25, 0.3) is 0 Å². The monoisotopic (exact) mass is 384 g/mol. The molecular formula is C20H20N2O4S. The second-order valence-corrected chi connectivity index (χ2v) is 7.35. The summed E-state index contributed by atoms with van der Waals surface area (Å²) in [6, 6.07) is 16.2. The van der Waals surface area contributed by atoms with Crippen molar-refractivity contribution in [1.82, 2.24) is 5.32 Å². The molecule has 6 nitrogen and oxygen atoms in total. The molecule has 0 radical (unpaired) electrons.